The van der Waals surface area contributed by atoms with E-state index in [1.54, 1.807) is 7.11 Å². The van der Waals surface area contributed by atoms with Crippen LogP contribution in [0.4, 0.5) is 0 Å². The Hall–Kier alpha value is -2.18. The summed E-state index contributed by atoms with van der Waals surface area (Å²) in [7, 11) is 1.62. The minimum atomic E-state index is -0.359. The van der Waals surface area contributed by atoms with Gasteiger partial charge in [0.2, 0.25) is 0 Å². The number of hydrogen-bond donors (Lipinski definition) is 2. The number of aromatic nitrogens is 2. The quantitative estimate of drug-likeness (QED) is 0.775. The highest BCUT2D eigenvalue weighted by molar-refractivity contribution is 5.40. The topological polar surface area (TPSA) is 76.4 Å². The lowest BCUT2D eigenvalue weighted by Gasteiger charge is -2.11. The highest BCUT2D eigenvalue weighted by Crippen LogP contribution is 2.14. The fourth-order valence-corrected chi connectivity index (χ4v) is 1.96. The van der Waals surface area contributed by atoms with Gasteiger partial charge in [0.15, 0.2) is 0 Å². The van der Waals surface area contributed by atoms with Gasteiger partial charge in [-0.25, -0.2) is 0 Å². The Kier molecular flexibility index (Phi) is 5.08. The zero-order valence-corrected chi connectivity index (χ0v) is 12.2. The molecular weight excluding hydrogens is 270 g/mol. The molecule has 2 aromatic rings. The SMILES string of the molecule is COCCNCc1nn(-c2ccccc2C)c(=O)cc1O. The van der Waals surface area contributed by atoms with Crippen molar-refractivity contribution in [2.24, 2.45) is 0 Å². The van der Waals surface area contributed by atoms with E-state index in [-0.39, 0.29) is 11.3 Å². The largest absolute Gasteiger partial charge is 0.506 e. The summed E-state index contributed by atoms with van der Waals surface area (Å²) in [6, 6.07) is 8.67. The lowest BCUT2D eigenvalue weighted by molar-refractivity contribution is 0.199. The Morgan fingerprint density at radius 3 is 2.86 bits per heavy atom. The van der Waals surface area contributed by atoms with Crippen molar-refractivity contribution in [1.82, 2.24) is 15.1 Å². The molecule has 0 aliphatic rings. The van der Waals surface area contributed by atoms with Crippen molar-refractivity contribution in [3.05, 3.63) is 51.9 Å². The zero-order valence-electron chi connectivity index (χ0n) is 12.2. The van der Waals surface area contributed by atoms with Gasteiger partial charge in [-0.15, -0.1) is 0 Å². The van der Waals surface area contributed by atoms with Crippen molar-refractivity contribution in [2.75, 3.05) is 20.3 Å². The van der Waals surface area contributed by atoms with Crippen molar-refractivity contribution in [3.8, 4) is 11.4 Å². The van der Waals surface area contributed by atoms with Crippen LogP contribution in [-0.4, -0.2) is 35.1 Å². The summed E-state index contributed by atoms with van der Waals surface area (Å²) in [4.78, 5) is 12.0. The third kappa shape index (κ3) is 3.68. The van der Waals surface area contributed by atoms with E-state index in [0.717, 1.165) is 5.56 Å². The molecule has 0 saturated carbocycles. The Morgan fingerprint density at radius 2 is 2.14 bits per heavy atom. The second-order valence-corrected chi connectivity index (χ2v) is 4.68. The van der Waals surface area contributed by atoms with Crippen LogP contribution in [0.5, 0.6) is 5.75 Å². The van der Waals surface area contributed by atoms with Crippen LogP contribution in [-0.2, 0) is 11.3 Å². The van der Waals surface area contributed by atoms with Gasteiger partial charge in [0.25, 0.3) is 5.56 Å². The van der Waals surface area contributed by atoms with Crippen molar-refractivity contribution in [2.45, 2.75) is 13.5 Å². The lowest BCUT2D eigenvalue weighted by atomic mass is 10.2. The third-order valence-corrected chi connectivity index (χ3v) is 3.10. The molecule has 0 fully saturated rings. The molecule has 1 heterocycles. The zero-order chi connectivity index (χ0) is 15.2. The van der Waals surface area contributed by atoms with Gasteiger partial charge in [0.05, 0.1) is 12.3 Å². The van der Waals surface area contributed by atoms with E-state index in [1.165, 1.54) is 10.7 Å². The summed E-state index contributed by atoms with van der Waals surface area (Å²) in [5, 5.41) is 17.2. The first-order valence-electron chi connectivity index (χ1n) is 6.71. The van der Waals surface area contributed by atoms with E-state index >= 15 is 0 Å². The number of nitrogens with zero attached hydrogens (tertiary/aromatic N) is 2. The fourth-order valence-electron chi connectivity index (χ4n) is 1.96. The first kappa shape index (κ1) is 15.2. The number of para-hydroxylation sites is 1. The molecule has 2 N–H and O–H groups in total. The van der Waals surface area contributed by atoms with Crippen molar-refractivity contribution < 1.29 is 9.84 Å². The van der Waals surface area contributed by atoms with Crippen LogP contribution < -0.4 is 10.9 Å². The molecule has 0 atom stereocenters. The van der Waals surface area contributed by atoms with Crippen LogP contribution in [0.15, 0.2) is 35.1 Å². The van der Waals surface area contributed by atoms with E-state index < -0.39 is 0 Å². The number of methoxy groups -OCH3 is 1. The number of rotatable bonds is 6. The average Bonchev–Trinajstić information content (AvgIpc) is 2.46. The molecule has 6 heteroatoms. The van der Waals surface area contributed by atoms with Crippen molar-refractivity contribution in [3.63, 3.8) is 0 Å². The maximum absolute atomic E-state index is 12.0. The van der Waals surface area contributed by atoms with Gasteiger partial charge < -0.3 is 15.2 Å². The van der Waals surface area contributed by atoms with Gasteiger partial charge in [-0.3, -0.25) is 4.79 Å². The Labute approximate surface area is 123 Å². The predicted molar refractivity (Wildman–Crippen MR) is 79.8 cm³/mol. The van der Waals surface area contributed by atoms with Crippen LogP contribution in [0.25, 0.3) is 5.69 Å². The summed E-state index contributed by atoms with van der Waals surface area (Å²) >= 11 is 0. The lowest BCUT2D eigenvalue weighted by Crippen LogP contribution is -2.25. The van der Waals surface area contributed by atoms with Crippen molar-refractivity contribution >= 4 is 0 Å². The number of benzene rings is 1. The summed E-state index contributed by atoms with van der Waals surface area (Å²) in [6.07, 6.45) is 0. The number of hydrogen-bond acceptors (Lipinski definition) is 5. The highest BCUT2D eigenvalue weighted by Gasteiger charge is 2.10. The van der Waals surface area contributed by atoms with Gasteiger partial charge in [-0.05, 0) is 18.6 Å². The van der Waals surface area contributed by atoms with Crippen LogP contribution in [0, 0.1) is 6.92 Å². The molecule has 0 spiro atoms. The number of aromatic hydroxyl groups is 1. The van der Waals surface area contributed by atoms with E-state index in [9.17, 15) is 9.90 Å². The fraction of sp³-hybridized carbons (Fsp3) is 0.333. The average molecular weight is 289 g/mol. The molecule has 0 amide bonds. The van der Waals surface area contributed by atoms with Gasteiger partial charge in [0.1, 0.15) is 11.4 Å². The maximum Gasteiger partial charge on any atom is 0.275 e. The van der Waals surface area contributed by atoms with E-state index in [1.807, 2.05) is 31.2 Å². The second kappa shape index (κ2) is 7.01. The molecule has 0 radical (unpaired) electrons. The minimum Gasteiger partial charge on any atom is -0.506 e. The van der Waals surface area contributed by atoms with Gasteiger partial charge >= 0.3 is 0 Å². The number of nitrogens with one attached hydrogen (secondary N) is 1. The molecule has 0 aliphatic carbocycles. The molecule has 112 valence electrons. The summed E-state index contributed by atoms with van der Waals surface area (Å²) in [5.41, 5.74) is 1.72. The van der Waals surface area contributed by atoms with E-state index in [0.29, 0.717) is 31.1 Å². The summed E-state index contributed by atoms with van der Waals surface area (Å²) < 4.78 is 6.25. The van der Waals surface area contributed by atoms with Gasteiger partial charge in [0, 0.05) is 26.3 Å². The predicted octanol–water partition coefficient (Wildman–Crippen LogP) is 0.983. The normalized spacial score (nSPS) is 10.8. The molecule has 0 saturated heterocycles. The molecule has 0 unspecified atom stereocenters. The number of ether oxygens (including phenoxy) is 1. The molecule has 0 bridgehead atoms. The highest BCUT2D eigenvalue weighted by atomic mass is 16.5. The summed E-state index contributed by atoms with van der Waals surface area (Å²) in [5.74, 6) is -0.102. The van der Waals surface area contributed by atoms with Gasteiger partial charge in [-0.1, -0.05) is 18.2 Å². The summed E-state index contributed by atoms with van der Waals surface area (Å²) in [6.45, 7) is 3.48. The molecule has 1 aromatic carbocycles. The Morgan fingerprint density at radius 1 is 1.38 bits per heavy atom. The number of aryl methyl sites for hydroxylation is 1. The first-order chi connectivity index (χ1) is 10.1. The molecule has 2 rings (SSSR count). The van der Waals surface area contributed by atoms with Crippen LogP contribution >= 0.6 is 0 Å². The minimum absolute atomic E-state index is 0.102. The smallest absolute Gasteiger partial charge is 0.275 e. The van der Waals surface area contributed by atoms with Crippen LogP contribution in [0.3, 0.4) is 0 Å². The second-order valence-electron chi connectivity index (χ2n) is 4.68. The molecule has 21 heavy (non-hydrogen) atoms. The van der Waals surface area contributed by atoms with Crippen LogP contribution in [0.2, 0.25) is 0 Å². The standard InChI is InChI=1S/C15H19N3O3/c1-11-5-3-4-6-13(11)18-15(20)9-14(19)12(17-18)10-16-7-8-21-2/h3-6,9,16,19H,7-8,10H2,1-2H3. The maximum atomic E-state index is 12.0. The molecule has 0 aliphatic heterocycles. The van der Waals surface area contributed by atoms with E-state index in [4.69, 9.17) is 4.74 Å². The third-order valence-electron chi connectivity index (χ3n) is 3.10. The monoisotopic (exact) mass is 289 g/mol. The van der Waals surface area contributed by atoms with E-state index in [2.05, 4.69) is 10.4 Å². The Balaban J connectivity index is 2.31. The van der Waals surface area contributed by atoms with Crippen LogP contribution in [0.1, 0.15) is 11.3 Å². The first-order valence-corrected chi connectivity index (χ1v) is 6.71. The molecular formula is C15H19N3O3. The van der Waals surface area contributed by atoms with Gasteiger partial charge in [-0.2, -0.15) is 9.78 Å². The molecule has 6 nitrogen and oxygen atoms in total. The van der Waals surface area contributed by atoms with Crippen molar-refractivity contribution in [1.29, 1.82) is 0 Å². The Bertz CT molecular complexity index is 667. The molecule has 1 aromatic heterocycles.